The highest BCUT2D eigenvalue weighted by Crippen LogP contribution is 2.39. The second-order valence-electron chi connectivity index (χ2n) is 11.2. The lowest BCUT2D eigenvalue weighted by Crippen LogP contribution is -2.27. The minimum Gasteiger partial charge on any atom is -0.492 e. The van der Waals surface area contributed by atoms with E-state index in [0.717, 1.165) is 41.7 Å². The molecule has 0 bridgehead atoms. The number of aryl methyl sites for hydroxylation is 1. The summed E-state index contributed by atoms with van der Waals surface area (Å²) in [5, 5.41) is 4.26. The van der Waals surface area contributed by atoms with Gasteiger partial charge in [0.1, 0.15) is 11.9 Å². The van der Waals surface area contributed by atoms with E-state index in [0.29, 0.717) is 28.6 Å². The molecule has 1 heterocycles. The Morgan fingerprint density at radius 3 is 2.48 bits per heavy atom. The van der Waals surface area contributed by atoms with Crippen molar-refractivity contribution >= 4 is 38.7 Å². The maximum atomic E-state index is 13.4. The number of anilines is 3. The normalized spacial score (nSPS) is 14.1. The van der Waals surface area contributed by atoms with E-state index in [9.17, 15) is 13.2 Å². The van der Waals surface area contributed by atoms with Crippen LogP contribution >= 0.6 is 0 Å². The first-order valence-corrected chi connectivity index (χ1v) is 14.8. The van der Waals surface area contributed by atoms with E-state index in [2.05, 4.69) is 20.0 Å². The zero-order chi connectivity index (χ0) is 29.4. The number of aromatic amines is 2. The topological polar surface area (TPSA) is 170 Å². The Balaban J connectivity index is 1.63. The first kappa shape index (κ1) is 29.0. The molecule has 3 aromatic rings. The van der Waals surface area contributed by atoms with Crippen molar-refractivity contribution in [2.45, 2.75) is 51.9 Å². The van der Waals surface area contributed by atoms with Crippen molar-refractivity contribution in [3.8, 4) is 5.75 Å². The highest BCUT2D eigenvalue weighted by atomic mass is 32.2. The Kier molecular flexibility index (Phi) is 7.86. The fraction of sp³-hybridized carbons (Fsp3) is 0.357. The van der Waals surface area contributed by atoms with E-state index in [1.165, 1.54) is 12.1 Å². The van der Waals surface area contributed by atoms with Crippen molar-refractivity contribution in [3.05, 3.63) is 70.9 Å². The molecule has 1 fully saturated rings. The van der Waals surface area contributed by atoms with Crippen LogP contribution in [0.25, 0.3) is 5.70 Å². The number of hydrogen-bond acceptors (Lipinski definition) is 7. The second kappa shape index (κ2) is 10.9. The first-order valence-electron chi connectivity index (χ1n) is 12.9. The molecule has 11 nitrogen and oxygen atoms in total. The summed E-state index contributed by atoms with van der Waals surface area (Å²) in [4.78, 5) is 19.9. The molecule has 1 aromatic heterocycles. The fourth-order valence-electron chi connectivity index (χ4n) is 4.28. The Morgan fingerprint density at radius 1 is 1.20 bits per heavy atom. The summed E-state index contributed by atoms with van der Waals surface area (Å²) < 4.78 is 32.1. The monoisotopic (exact) mass is 568 g/mol. The number of hydrogen-bond donors (Lipinski definition) is 5. The highest BCUT2D eigenvalue weighted by molar-refractivity contribution is 7.92. The van der Waals surface area contributed by atoms with Crippen molar-refractivity contribution < 1.29 is 22.9 Å². The third-order valence-corrected chi connectivity index (χ3v) is 7.26. The SMILES string of the molecule is COc1c(NC(=O)c2ccc(C)c(N(N)/C=C(\N)c3c[nH+]c(C4CC4)[nH]3)c2)cc(C(C)(C)C)cc1NS(C)(=O)=O. The van der Waals surface area contributed by atoms with Gasteiger partial charge >= 0.3 is 0 Å². The van der Waals surface area contributed by atoms with Gasteiger partial charge in [0.25, 0.3) is 11.7 Å². The number of rotatable bonds is 9. The van der Waals surface area contributed by atoms with Gasteiger partial charge in [-0.25, -0.2) is 24.2 Å². The van der Waals surface area contributed by atoms with E-state index >= 15 is 0 Å². The van der Waals surface area contributed by atoms with Crippen LogP contribution in [0.1, 0.15) is 72.5 Å². The van der Waals surface area contributed by atoms with Crippen LogP contribution in [0.5, 0.6) is 5.75 Å². The van der Waals surface area contributed by atoms with Gasteiger partial charge in [-0.05, 0) is 60.6 Å². The number of ether oxygens (including phenoxy) is 1. The summed E-state index contributed by atoms with van der Waals surface area (Å²) >= 11 is 0. The summed E-state index contributed by atoms with van der Waals surface area (Å²) in [5.74, 6) is 7.71. The van der Waals surface area contributed by atoms with Crippen LogP contribution in [-0.2, 0) is 15.4 Å². The molecular formula is C28H38N7O4S+. The predicted molar refractivity (Wildman–Crippen MR) is 157 cm³/mol. The van der Waals surface area contributed by atoms with Gasteiger partial charge in [-0.2, -0.15) is 0 Å². The lowest BCUT2D eigenvalue weighted by molar-refractivity contribution is -0.388. The number of benzene rings is 2. The Hall–Kier alpha value is -4.03. The molecule has 0 saturated heterocycles. The van der Waals surface area contributed by atoms with Crippen molar-refractivity contribution in [2.75, 3.05) is 28.4 Å². The number of amides is 1. The molecule has 1 amide bonds. The number of imidazole rings is 1. The van der Waals surface area contributed by atoms with Crippen LogP contribution < -0.4 is 36.3 Å². The second-order valence-corrected chi connectivity index (χ2v) is 12.9. The van der Waals surface area contributed by atoms with Gasteiger partial charge < -0.3 is 15.8 Å². The summed E-state index contributed by atoms with van der Waals surface area (Å²) in [7, 11) is -2.19. The largest absolute Gasteiger partial charge is 0.492 e. The minimum absolute atomic E-state index is 0.198. The number of nitrogens with zero attached hydrogens (tertiary/aromatic N) is 1. The van der Waals surface area contributed by atoms with Crippen molar-refractivity contribution in [1.82, 2.24) is 4.98 Å². The predicted octanol–water partition coefficient (Wildman–Crippen LogP) is 3.58. The van der Waals surface area contributed by atoms with Gasteiger partial charge in [0.2, 0.25) is 10.0 Å². The first-order chi connectivity index (χ1) is 18.7. The lowest BCUT2D eigenvalue weighted by Gasteiger charge is -2.24. The number of H-pyrrole nitrogens is 2. The molecule has 0 radical (unpaired) electrons. The molecule has 12 heteroatoms. The molecule has 214 valence electrons. The maximum absolute atomic E-state index is 13.4. The Bertz CT molecular complexity index is 1570. The van der Waals surface area contributed by atoms with Crippen LogP contribution in [0, 0.1) is 6.92 Å². The van der Waals surface area contributed by atoms with Gasteiger partial charge in [-0.3, -0.25) is 14.5 Å². The molecule has 0 unspecified atom stereocenters. The van der Waals surface area contributed by atoms with Crippen molar-refractivity contribution in [3.63, 3.8) is 0 Å². The number of nitrogens with two attached hydrogens (primary N) is 2. The van der Waals surface area contributed by atoms with E-state index < -0.39 is 15.9 Å². The number of hydrazine groups is 1. The van der Waals surface area contributed by atoms with E-state index in [4.69, 9.17) is 16.3 Å². The molecule has 0 spiro atoms. The molecular weight excluding hydrogens is 530 g/mol. The number of aromatic nitrogens is 2. The van der Waals surface area contributed by atoms with Crippen LogP contribution in [0.15, 0.2) is 42.7 Å². The van der Waals surface area contributed by atoms with E-state index in [1.54, 1.807) is 36.5 Å². The molecule has 0 atom stereocenters. The highest BCUT2D eigenvalue weighted by Gasteiger charge is 2.31. The van der Waals surface area contributed by atoms with Crippen LogP contribution in [-0.4, -0.2) is 32.7 Å². The molecule has 1 aliphatic carbocycles. The quantitative estimate of drug-likeness (QED) is 0.194. The molecule has 4 rings (SSSR count). The summed E-state index contributed by atoms with van der Waals surface area (Å²) in [6, 6.07) is 8.63. The Morgan fingerprint density at radius 2 is 1.88 bits per heavy atom. The summed E-state index contributed by atoms with van der Waals surface area (Å²) in [6.07, 6.45) is 6.77. The third kappa shape index (κ3) is 6.75. The van der Waals surface area contributed by atoms with Gasteiger partial charge in [0, 0.05) is 11.8 Å². The number of carbonyl (C=O) groups excluding carboxylic acids is 1. The average molecular weight is 569 g/mol. The molecule has 40 heavy (non-hydrogen) atoms. The molecule has 0 aliphatic heterocycles. The van der Waals surface area contributed by atoms with Gasteiger partial charge in [-0.15, -0.1) is 0 Å². The van der Waals surface area contributed by atoms with Crippen LogP contribution in [0.3, 0.4) is 0 Å². The zero-order valence-corrected chi connectivity index (χ0v) is 24.5. The zero-order valence-electron chi connectivity index (χ0n) is 23.7. The third-order valence-electron chi connectivity index (χ3n) is 6.67. The minimum atomic E-state index is -3.60. The number of sulfonamides is 1. The van der Waals surface area contributed by atoms with Crippen molar-refractivity contribution in [2.24, 2.45) is 11.6 Å². The standard InChI is InChI=1S/C28H37N7O4S/c1-16-7-8-18(11-24(16)35(30)15-20(29)23-14-31-26(32-23)17-9-10-17)27(36)33-21-12-19(28(2,3)4)13-22(25(21)39-5)34-40(6,37)38/h7-8,11-15,17,34H,9-10,29-30H2,1-6H3,(H,31,32)(H,33,36)/p+1/b20-15-. The summed E-state index contributed by atoms with van der Waals surface area (Å²) in [5.41, 5.74) is 10.3. The van der Waals surface area contributed by atoms with Crippen molar-refractivity contribution in [1.29, 1.82) is 0 Å². The fourth-order valence-corrected chi connectivity index (χ4v) is 4.83. The average Bonchev–Trinajstić information content (AvgIpc) is 3.58. The molecule has 8 N–H and O–H groups in total. The summed E-state index contributed by atoms with van der Waals surface area (Å²) in [6.45, 7) is 7.85. The van der Waals surface area contributed by atoms with Crippen LogP contribution in [0.2, 0.25) is 0 Å². The van der Waals surface area contributed by atoms with Gasteiger partial charge in [0.05, 0.1) is 36.3 Å². The molecule has 1 aliphatic rings. The van der Waals surface area contributed by atoms with E-state index in [1.807, 2.05) is 33.9 Å². The van der Waals surface area contributed by atoms with Gasteiger partial charge in [-0.1, -0.05) is 26.8 Å². The number of carbonyl (C=O) groups is 1. The Labute approximate surface area is 235 Å². The van der Waals surface area contributed by atoms with E-state index in [-0.39, 0.29) is 16.9 Å². The van der Waals surface area contributed by atoms with Crippen LogP contribution in [0.4, 0.5) is 17.1 Å². The maximum Gasteiger partial charge on any atom is 0.255 e. The number of nitrogens with one attached hydrogen (secondary N) is 4. The molecule has 2 aromatic carbocycles. The smallest absolute Gasteiger partial charge is 0.255 e. The lowest BCUT2D eigenvalue weighted by atomic mass is 9.86. The van der Waals surface area contributed by atoms with Gasteiger partial charge in [0.15, 0.2) is 11.4 Å². The molecule has 1 saturated carbocycles. The number of methoxy groups -OCH3 is 1.